The molecule has 4 rings (SSSR count). The van der Waals surface area contributed by atoms with Gasteiger partial charge in [-0.3, -0.25) is 15.5 Å². The standard InChI is InChI=1S/C25H23N5O2S2/c1-18-27-28-25(34-17-20-11-6-3-7-12-20)30(18)29-24(33)26-23(31)21-13-8-14-22(15-21)32-16-19-9-4-2-5-10-19/h2-15H,16-17H2,1H3,(H2,26,29,31,33). The smallest absolute Gasteiger partial charge is 0.257 e. The van der Waals surface area contributed by atoms with E-state index in [0.29, 0.717) is 28.9 Å². The number of ether oxygens (including phenoxy) is 1. The van der Waals surface area contributed by atoms with Gasteiger partial charge in [0.2, 0.25) is 5.16 Å². The quantitative estimate of drug-likeness (QED) is 0.274. The summed E-state index contributed by atoms with van der Waals surface area (Å²) in [6.07, 6.45) is 0. The molecule has 4 aromatic rings. The SMILES string of the molecule is Cc1nnc(SCc2ccccc2)n1NC(=S)NC(=O)c1cccc(OCc2ccccc2)c1. The first-order valence-corrected chi connectivity index (χ1v) is 12.0. The summed E-state index contributed by atoms with van der Waals surface area (Å²) >= 11 is 6.88. The molecule has 34 heavy (non-hydrogen) atoms. The maximum Gasteiger partial charge on any atom is 0.257 e. The van der Waals surface area contributed by atoms with Crippen molar-refractivity contribution >= 4 is 35.0 Å². The Labute approximate surface area is 207 Å². The Balaban J connectivity index is 1.34. The van der Waals surface area contributed by atoms with E-state index >= 15 is 0 Å². The molecular formula is C25H23N5O2S2. The van der Waals surface area contributed by atoms with Gasteiger partial charge < -0.3 is 4.74 Å². The first-order valence-electron chi connectivity index (χ1n) is 10.6. The maximum absolute atomic E-state index is 12.8. The van der Waals surface area contributed by atoms with Crippen molar-refractivity contribution in [2.75, 3.05) is 5.43 Å². The number of amides is 1. The summed E-state index contributed by atoms with van der Waals surface area (Å²) < 4.78 is 7.48. The van der Waals surface area contributed by atoms with Crippen LogP contribution in [0.4, 0.5) is 0 Å². The highest BCUT2D eigenvalue weighted by Crippen LogP contribution is 2.21. The second kappa shape index (κ2) is 11.4. The molecule has 0 unspecified atom stereocenters. The molecule has 1 aromatic heterocycles. The molecule has 0 saturated heterocycles. The van der Waals surface area contributed by atoms with Gasteiger partial charge in [0.05, 0.1) is 0 Å². The van der Waals surface area contributed by atoms with Gasteiger partial charge in [0.25, 0.3) is 5.91 Å². The number of thioether (sulfide) groups is 1. The number of aryl methyl sites for hydroxylation is 1. The highest BCUT2D eigenvalue weighted by atomic mass is 32.2. The van der Waals surface area contributed by atoms with E-state index in [2.05, 4.69) is 33.1 Å². The molecule has 0 aliphatic heterocycles. The molecule has 2 N–H and O–H groups in total. The molecule has 9 heteroatoms. The van der Waals surface area contributed by atoms with Crippen molar-refractivity contribution in [1.82, 2.24) is 20.2 Å². The molecule has 0 aliphatic carbocycles. The van der Waals surface area contributed by atoms with E-state index in [1.807, 2.05) is 61.5 Å². The zero-order chi connectivity index (χ0) is 23.8. The minimum atomic E-state index is -0.341. The minimum Gasteiger partial charge on any atom is -0.489 e. The third kappa shape index (κ3) is 6.43. The lowest BCUT2D eigenvalue weighted by Gasteiger charge is -2.13. The summed E-state index contributed by atoms with van der Waals surface area (Å²) in [5.74, 6) is 1.62. The van der Waals surface area contributed by atoms with Gasteiger partial charge in [-0.2, -0.15) is 0 Å². The summed E-state index contributed by atoms with van der Waals surface area (Å²) in [7, 11) is 0. The molecule has 7 nitrogen and oxygen atoms in total. The van der Waals surface area contributed by atoms with Crippen LogP contribution in [0, 0.1) is 6.92 Å². The summed E-state index contributed by atoms with van der Waals surface area (Å²) in [5.41, 5.74) is 5.66. The van der Waals surface area contributed by atoms with Gasteiger partial charge in [0.15, 0.2) is 5.11 Å². The Bertz CT molecular complexity index is 1260. The minimum absolute atomic E-state index is 0.144. The fourth-order valence-corrected chi connectivity index (χ4v) is 4.14. The number of nitrogens with zero attached hydrogens (tertiary/aromatic N) is 3. The fourth-order valence-electron chi connectivity index (χ4n) is 3.06. The van der Waals surface area contributed by atoms with Crippen LogP contribution in [0.15, 0.2) is 90.1 Å². The van der Waals surface area contributed by atoms with Gasteiger partial charge in [-0.1, -0.05) is 78.5 Å². The van der Waals surface area contributed by atoms with Gasteiger partial charge >= 0.3 is 0 Å². The molecule has 1 amide bonds. The summed E-state index contributed by atoms with van der Waals surface area (Å²) in [5, 5.41) is 11.8. The zero-order valence-electron chi connectivity index (χ0n) is 18.5. The van der Waals surface area contributed by atoms with Gasteiger partial charge in [0, 0.05) is 11.3 Å². The van der Waals surface area contributed by atoms with E-state index in [0.717, 1.165) is 11.3 Å². The second-order valence-corrected chi connectivity index (χ2v) is 8.69. The maximum atomic E-state index is 12.8. The third-order valence-electron chi connectivity index (χ3n) is 4.79. The normalized spacial score (nSPS) is 10.5. The molecule has 172 valence electrons. The van der Waals surface area contributed by atoms with Crippen molar-refractivity contribution in [2.24, 2.45) is 0 Å². The van der Waals surface area contributed by atoms with Crippen LogP contribution in [-0.4, -0.2) is 25.9 Å². The lowest BCUT2D eigenvalue weighted by molar-refractivity contribution is 0.0977. The number of carbonyl (C=O) groups is 1. The lowest BCUT2D eigenvalue weighted by Crippen LogP contribution is -2.38. The highest BCUT2D eigenvalue weighted by molar-refractivity contribution is 7.98. The molecule has 3 aromatic carbocycles. The average molecular weight is 490 g/mol. The van der Waals surface area contributed by atoms with E-state index in [1.165, 1.54) is 17.3 Å². The van der Waals surface area contributed by atoms with Crippen LogP contribution in [0.1, 0.15) is 27.3 Å². The van der Waals surface area contributed by atoms with Crippen LogP contribution >= 0.6 is 24.0 Å². The molecule has 0 atom stereocenters. The van der Waals surface area contributed by atoms with Crippen LogP contribution < -0.4 is 15.5 Å². The van der Waals surface area contributed by atoms with Crippen LogP contribution in [0.3, 0.4) is 0 Å². The number of hydrogen-bond acceptors (Lipinski definition) is 6. The number of aromatic nitrogens is 3. The topological polar surface area (TPSA) is 81.1 Å². The first-order chi connectivity index (χ1) is 16.6. The predicted molar refractivity (Wildman–Crippen MR) is 137 cm³/mol. The van der Waals surface area contributed by atoms with Crippen molar-refractivity contribution in [3.05, 3.63) is 107 Å². The van der Waals surface area contributed by atoms with E-state index in [9.17, 15) is 4.79 Å². The van der Waals surface area contributed by atoms with Gasteiger partial charge in [-0.05, 0) is 48.5 Å². The number of carbonyl (C=O) groups excluding carboxylic acids is 1. The molecule has 0 spiro atoms. The molecular weight excluding hydrogens is 466 g/mol. The number of nitrogens with one attached hydrogen (secondary N) is 2. The van der Waals surface area contributed by atoms with Crippen molar-refractivity contribution in [2.45, 2.75) is 24.4 Å². The van der Waals surface area contributed by atoms with Crippen molar-refractivity contribution < 1.29 is 9.53 Å². The lowest BCUT2D eigenvalue weighted by atomic mass is 10.2. The monoisotopic (exact) mass is 489 g/mol. The van der Waals surface area contributed by atoms with Gasteiger partial charge in [0.1, 0.15) is 18.2 Å². The molecule has 0 fully saturated rings. The largest absolute Gasteiger partial charge is 0.489 e. The van der Waals surface area contributed by atoms with Crippen molar-refractivity contribution in [3.8, 4) is 5.75 Å². The van der Waals surface area contributed by atoms with Gasteiger partial charge in [-0.25, -0.2) is 4.68 Å². The van der Waals surface area contributed by atoms with E-state index < -0.39 is 0 Å². The van der Waals surface area contributed by atoms with Crippen LogP contribution in [0.25, 0.3) is 0 Å². The summed E-state index contributed by atoms with van der Waals surface area (Å²) in [6, 6.07) is 26.9. The molecule has 0 saturated carbocycles. The Morgan fingerprint density at radius 1 is 0.971 bits per heavy atom. The molecule has 0 aliphatic rings. The number of benzene rings is 3. The number of hydrogen-bond donors (Lipinski definition) is 2. The zero-order valence-corrected chi connectivity index (χ0v) is 20.1. The van der Waals surface area contributed by atoms with Crippen LogP contribution in [0.5, 0.6) is 5.75 Å². The second-order valence-electron chi connectivity index (χ2n) is 7.34. The van der Waals surface area contributed by atoms with Gasteiger partial charge in [-0.15, -0.1) is 10.2 Å². The van der Waals surface area contributed by atoms with E-state index in [4.69, 9.17) is 17.0 Å². The van der Waals surface area contributed by atoms with E-state index in [-0.39, 0.29) is 11.0 Å². The molecule has 1 heterocycles. The van der Waals surface area contributed by atoms with Crippen LogP contribution in [0.2, 0.25) is 0 Å². The summed E-state index contributed by atoms with van der Waals surface area (Å²) in [6.45, 7) is 2.23. The van der Waals surface area contributed by atoms with Crippen molar-refractivity contribution in [1.29, 1.82) is 0 Å². The first kappa shape index (κ1) is 23.5. The van der Waals surface area contributed by atoms with E-state index in [1.54, 1.807) is 22.9 Å². The third-order valence-corrected chi connectivity index (χ3v) is 5.98. The number of thiocarbonyl (C=S) groups is 1. The summed E-state index contributed by atoms with van der Waals surface area (Å²) in [4.78, 5) is 12.8. The van der Waals surface area contributed by atoms with Crippen LogP contribution in [-0.2, 0) is 12.4 Å². The fraction of sp³-hybridized carbons (Fsp3) is 0.120. The predicted octanol–water partition coefficient (Wildman–Crippen LogP) is 4.72. The molecule has 0 radical (unpaired) electrons. The Hall–Kier alpha value is -3.69. The Kier molecular flexibility index (Phi) is 7.90. The Morgan fingerprint density at radius 2 is 1.68 bits per heavy atom. The Morgan fingerprint density at radius 3 is 2.41 bits per heavy atom. The highest BCUT2D eigenvalue weighted by Gasteiger charge is 2.14. The molecule has 0 bridgehead atoms. The average Bonchev–Trinajstić information content (AvgIpc) is 3.21. The number of rotatable bonds is 8. The van der Waals surface area contributed by atoms with Crippen molar-refractivity contribution in [3.63, 3.8) is 0 Å².